The van der Waals surface area contributed by atoms with Crippen molar-refractivity contribution in [3.63, 3.8) is 0 Å². The summed E-state index contributed by atoms with van der Waals surface area (Å²) in [5.41, 5.74) is 5.08. The molecule has 0 aliphatic heterocycles. The molecule has 80 valence electrons. The van der Waals surface area contributed by atoms with Crippen molar-refractivity contribution >= 4 is 11.6 Å². The minimum atomic E-state index is -0.810. The average Bonchev–Trinajstić information content (AvgIpc) is 2.17. The highest BCUT2D eigenvalue weighted by molar-refractivity contribution is 5.85. The van der Waals surface area contributed by atoms with Crippen LogP contribution in [0.15, 0.2) is 24.3 Å². The quantitative estimate of drug-likeness (QED) is 0.601. The van der Waals surface area contributed by atoms with Crippen LogP contribution < -0.4 is 5.73 Å². The van der Waals surface area contributed by atoms with Crippen molar-refractivity contribution in [3.05, 3.63) is 39.9 Å². The number of benzene rings is 1. The Balaban J connectivity index is 3.09. The van der Waals surface area contributed by atoms with Gasteiger partial charge in [-0.2, -0.15) is 0 Å². The summed E-state index contributed by atoms with van der Waals surface area (Å²) in [5, 5.41) is 10.4. The molecule has 0 fully saturated rings. The van der Waals surface area contributed by atoms with E-state index in [1.807, 2.05) is 0 Å². The molecule has 0 aliphatic rings. The molecule has 1 aromatic carbocycles. The Morgan fingerprint density at radius 3 is 2.13 bits per heavy atom. The molecule has 0 spiro atoms. The maximum Gasteiger partial charge on any atom is 0.269 e. The van der Waals surface area contributed by atoms with Crippen molar-refractivity contribution in [1.82, 2.24) is 0 Å². The molecule has 0 atom stereocenters. The van der Waals surface area contributed by atoms with E-state index in [1.165, 1.54) is 12.1 Å². The zero-order valence-electron chi connectivity index (χ0n) is 8.56. The first-order valence-corrected chi connectivity index (χ1v) is 4.40. The Morgan fingerprint density at radius 1 is 1.33 bits per heavy atom. The van der Waals surface area contributed by atoms with Gasteiger partial charge in [-0.25, -0.2) is 0 Å². The molecular weight excluding hydrogens is 196 g/mol. The van der Waals surface area contributed by atoms with Gasteiger partial charge in [-0.15, -0.1) is 0 Å². The van der Waals surface area contributed by atoms with Crippen LogP contribution in [-0.4, -0.2) is 10.8 Å². The van der Waals surface area contributed by atoms with Crippen LogP contribution in [-0.2, 0) is 10.2 Å². The first-order chi connectivity index (χ1) is 6.85. The Morgan fingerprint density at radius 2 is 1.80 bits per heavy atom. The van der Waals surface area contributed by atoms with Gasteiger partial charge in [0.15, 0.2) is 0 Å². The fourth-order valence-electron chi connectivity index (χ4n) is 1.14. The van der Waals surface area contributed by atoms with E-state index < -0.39 is 16.2 Å². The Kier molecular flexibility index (Phi) is 2.74. The van der Waals surface area contributed by atoms with Crippen LogP contribution in [0.1, 0.15) is 19.4 Å². The number of non-ortho nitro benzene ring substituents is 1. The smallest absolute Gasteiger partial charge is 0.269 e. The lowest BCUT2D eigenvalue weighted by atomic mass is 9.84. The second-order valence-corrected chi connectivity index (χ2v) is 3.79. The van der Waals surface area contributed by atoms with Crippen LogP contribution in [0, 0.1) is 10.1 Å². The number of carbonyl (C=O) groups is 1. The zero-order chi connectivity index (χ0) is 11.6. The summed E-state index contributed by atoms with van der Waals surface area (Å²) in [5.74, 6) is -0.462. The van der Waals surface area contributed by atoms with E-state index in [0.717, 1.165) is 0 Å². The van der Waals surface area contributed by atoms with Gasteiger partial charge in [0, 0.05) is 12.1 Å². The van der Waals surface area contributed by atoms with Gasteiger partial charge in [0.1, 0.15) is 0 Å². The number of hydrogen-bond donors (Lipinski definition) is 1. The fraction of sp³-hybridized carbons (Fsp3) is 0.300. The molecule has 1 aromatic rings. The molecule has 0 radical (unpaired) electrons. The lowest BCUT2D eigenvalue weighted by Crippen LogP contribution is -2.35. The van der Waals surface area contributed by atoms with Crippen LogP contribution >= 0.6 is 0 Å². The van der Waals surface area contributed by atoms with Gasteiger partial charge in [-0.3, -0.25) is 14.9 Å². The van der Waals surface area contributed by atoms with Gasteiger partial charge in [-0.1, -0.05) is 12.1 Å². The molecule has 5 heteroatoms. The molecule has 1 rings (SSSR count). The summed E-state index contributed by atoms with van der Waals surface area (Å²) in [6, 6.07) is 5.81. The van der Waals surface area contributed by atoms with Gasteiger partial charge in [0.25, 0.3) is 5.69 Å². The first-order valence-electron chi connectivity index (χ1n) is 4.40. The molecule has 0 bridgehead atoms. The molecule has 0 saturated carbocycles. The minimum absolute atomic E-state index is 0.000907. The van der Waals surface area contributed by atoms with Gasteiger partial charge in [-0.05, 0) is 19.4 Å². The Labute approximate surface area is 87.0 Å². The number of carbonyl (C=O) groups excluding carboxylic acids is 1. The summed E-state index contributed by atoms with van der Waals surface area (Å²) >= 11 is 0. The van der Waals surface area contributed by atoms with Crippen LogP contribution in [0.5, 0.6) is 0 Å². The van der Waals surface area contributed by atoms with E-state index in [1.54, 1.807) is 26.0 Å². The number of nitro groups is 1. The van der Waals surface area contributed by atoms with Gasteiger partial charge >= 0.3 is 0 Å². The monoisotopic (exact) mass is 208 g/mol. The molecule has 0 saturated heterocycles. The van der Waals surface area contributed by atoms with Crippen molar-refractivity contribution in [3.8, 4) is 0 Å². The molecule has 0 aromatic heterocycles. The lowest BCUT2D eigenvalue weighted by Gasteiger charge is -2.20. The van der Waals surface area contributed by atoms with E-state index in [9.17, 15) is 14.9 Å². The maximum atomic E-state index is 11.1. The summed E-state index contributed by atoms with van der Waals surface area (Å²) in [7, 11) is 0. The summed E-state index contributed by atoms with van der Waals surface area (Å²) < 4.78 is 0. The number of amides is 1. The highest BCUT2D eigenvalue weighted by Gasteiger charge is 2.27. The van der Waals surface area contributed by atoms with Crippen molar-refractivity contribution in [2.75, 3.05) is 0 Å². The third-order valence-corrected chi connectivity index (χ3v) is 2.42. The maximum absolute atomic E-state index is 11.1. The van der Waals surface area contributed by atoms with Gasteiger partial charge in [0.2, 0.25) is 5.91 Å². The molecule has 5 nitrogen and oxygen atoms in total. The van der Waals surface area contributed by atoms with Crippen LogP contribution in [0.3, 0.4) is 0 Å². The van der Waals surface area contributed by atoms with Crippen LogP contribution in [0.4, 0.5) is 5.69 Å². The number of nitrogens with two attached hydrogens (primary N) is 1. The molecular formula is C10H12N2O3. The van der Waals surface area contributed by atoms with Crippen LogP contribution in [0.25, 0.3) is 0 Å². The number of rotatable bonds is 3. The average molecular weight is 208 g/mol. The van der Waals surface area contributed by atoms with E-state index in [2.05, 4.69) is 0 Å². The zero-order valence-corrected chi connectivity index (χ0v) is 8.56. The van der Waals surface area contributed by atoms with Crippen molar-refractivity contribution < 1.29 is 9.72 Å². The second kappa shape index (κ2) is 3.68. The fourth-order valence-corrected chi connectivity index (χ4v) is 1.14. The van der Waals surface area contributed by atoms with Crippen molar-refractivity contribution in [2.45, 2.75) is 19.3 Å². The Bertz CT molecular complexity index is 396. The summed E-state index contributed by atoms with van der Waals surface area (Å²) in [4.78, 5) is 21.1. The SMILES string of the molecule is CC(C)(C(N)=O)c1ccc([N+](=O)[O-])cc1. The summed E-state index contributed by atoms with van der Waals surface area (Å²) in [6.07, 6.45) is 0. The van der Waals surface area contributed by atoms with E-state index in [0.29, 0.717) is 5.56 Å². The predicted octanol–water partition coefficient (Wildman–Crippen LogP) is 1.36. The first kappa shape index (κ1) is 11.2. The number of nitro benzene ring substituents is 1. The molecule has 2 N–H and O–H groups in total. The number of primary amides is 1. The highest BCUT2D eigenvalue weighted by Crippen LogP contribution is 2.24. The van der Waals surface area contributed by atoms with E-state index in [-0.39, 0.29) is 5.69 Å². The summed E-state index contributed by atoms with van der Waals surface area (Å²) in [6.45, 7) is 3.35. The second-order valence-electron chi connectivity index (χ2n) is 3.79. The highest BCUT2D eigenvalue weighted by atomic mass is 16.6. The van der Waals surface area contributed by atoms with Gasteiger partial charge < -0.3 is 5.73 Å². The Hall–Kier alpha value is -1.91. The normalized spacial score (nSPS) is 11.1. The number of hydrogen-bond acceptors (Lipinski definition) is 3. The molecule has 15 heavy (non-hydrogen) atoms. The third kappa shape index (κ3) is 2.12. The van der Waals surface area contributed by atoms with Gasteiger partial charge in [0.05, 0.1) is 10.3 Å². The third-order valence-electron chi connectivity index (χ3n) is 2.42. The standard InChI is InChI=1S/C10H12N2O3/c1-10(2,9(11)13)7-3-5-8(6-4-7)12(14)15/h3-6H,1-2H3,(H2,11,13). The van der Waals surface area contributed by atoms with Crippen molar-refractivity contribution in [1.29, 1.82) is 0 Å². The number of nitrogens with zero attached hydrogens (tertiary/aromatic N) is 1. The van der Waals surface area contributed by atoms with E-state index >= 15 is 0 Å². The predicted molar refractivity (Wildman–Crippen MR) is 55.3 cm³/mol. The molecule has 0 unspecified atom stereocenters. The molecule has 0 aliphatic carbocycles. The van der Waals surface area contributed by atoms with Crippen molar-refractivity contribution in [2.24, 2.45) is 5.73 Å². The molecule has 1 amide bonds. The minimum Gasteiger partial charge on any atom is -0.369 e. The van der Waals surface area contributed by atoms with E-state index in [4.69, 9.17) is 5.73 Å². The molecule has 0 heterocycles. The largest absolute Gasteiger partial charge is 0.369 e. The topological polar surface area (TPSA) is 86.2 Å². The lowest BCUT2D eigenvalue weighted by molar-refractivity contribution is -0.384. The van der Waals surface area contributed by atoms with Crippen LogP contribution in [0.2, 0.25) is 0 Å².